The van der Waals surface area contributed by atoms with Crippen molar-refractivity contribution < 1.29 is 13.3 Å². The summed E-state index contributed by atoms with van der Waals surface area (Å²) in [5.41, 5.74) is 5.01. The van der Waals surface area contributed by atoms with E-state index in [0.29, 0.717) is 17.7 Å². The van der Waals surface area contributed by atoms with Crippen molar-refractivity contribution in [3.63, 3.8) is 0 Å². The summed E-state index contributed by atoms with van der Waals surface area (Å²) in [6.45, 7) is 0.965. The highest BCUT2D eigenvalue weighted by Crippen LogP contribution is 2.45. The zero-order chi connectivity index (χ0) is 20.2. The van der Waals surface area contributed by atoms with Crippen LogP contribution in [0.2, 0.25) is 0 Å². The highest BCUT2D eigenvalue weighted by Gasteiger charge is 2.38. The van der Waals surface area contributed by atoms with Gasteiger partial charge in [-0.25, -0.2) is 8.78 Å². The molecule has 2 aromatic carbocycles. The number of aromatic nitrogens is 2. The van der Waals surface area contributed by atoms with E-state index >= 15 is 0 Å². The Hall–Kier alpha value is -2.73. The van der Waals surface area contributed by atoms with Gasteiger partial charge in [0.1, 0.15) is 11.6 Å². The summed E-state index contributed by atoms with van der Waals surface area (Å²) in [6, 6.07) is 10.5. The lowest BCUT2D eigenvalue weighted by Gasteiger charge is -2.46. The molecule has 0 amide bonds. The zero-order valence-electron chi connectivity index (χ0n) is 16.6. The van der Waals surface area contributed by atoms with Gasteiger partial charge in [0.2, 0.25) is 0 Å². The molecular formula is C24H23F2N3O. The van der Waals surface area contributed by atoms with Crippen LogP contribution in [0.25, 0.3) is 21.9 Å². The van der Waals surface area contributed by atoms with Crippen LogP contribution >= 0.6 is 0 Å². The molecule has 154 valence electrons. The summed E-state index contributed by atoms with van der Waals surface area (Å²) in [7, 11) is 0. The van der Waals surface area contributed by atoms with Crippen LogP contribution < -0.4 is 0 Å². The minimum absolute atomic E-state index is 0.178. The molecule has 0 spiro atoms. The molecule has 0 aliphatic carbocycles. The van der Waals surface area contributed by atoms with Crippen LogP contribution in [0, 0.1) is 11.6 Å². The molecule has 2 bridgehead atoms. The monoisotopic (exact) mass is 407 g/mol. The van der Waals surface area contributed by atoms with E-state index in [-0.39, 0.29) is 11.6 Å². The van der Waals surface area contributed by atoms with Crippen molar-refractivity contribution in [3.8, 4) is 0 Å². The van der Waals surface area contributed by atoms with E-state index in [4.69, 9.17) is 4.52 Å². The van der Waals surface area contributed by atoms with Crippen molar-refractivity contribution in [1.82, 2.24) is 15.0 Å². The van der Waals surface area contributed by atoms with Gasteiger partial charge in [-0.1, -0.05) is 5.16 Å². The van der Waals surface area contributed by atoms with Crippen molar-refractivity contribution in [2.45, 2.75) is 50.6 Å². The van der Waals surface area contributed by atoms with Crippen molar-refractivity contribution in [3.05, 3.63) is 65.0 Å². The topological polar surface area (TPSA) is 45.1 Å². The Morgan fingerprint density at radius 2 is 1.93 bits per heavy atom. The Bertz CT molecular complexity index is 1240. The first-order valence-corrected chi connectivity index (χ1v) is 10.8. The molecule has 30 heavy (non-hydrogen) atoms. The van der Waals surface area contributed by atoms with Gasteiger partial charge >= 0.3 is 0 Å². The molecule has 0 saturated carbocycles. The normalized spacial score (nSPS) is 21.4. The van der Waals surface area contributed by atoms with E-state index in [1.165, 1.54) is 42.3 Å². The van der Waals surface area contributed by atoms with E-state index in [0.717, 1.165) is 54.2 Å². The number of nitrogens with zero attached hydrogens (tertiary/aromatic N) is 2. The average Bonchev–Trinajstić information content (AvgIpc) is 3.28. The number of halogens is 2. The molecule has 2 aliphatic heterocycles. The molecule has 6 rings (SSSR count). The molecule has 4 aromatic rings. The van der Waals surface area contributed by atoms with Gasteiger partial charge in [0.15, 0.2) is 5.58 Å². The molecule has 2 aliphatic rings. The maximum Gasteiger partial charge on any atom is 0.170 e. The second-order valence-electron chi connectivity index (χ2n) is 8.62. The highest BCUT2D eigenvalue weighted by atomic mass is 19.1. The zero-order valence-corrected chi connectivity index (χ0v) is 16.6. The molecule has 4 heterocycles. The summed E-state index contributed by atoms with van der Waals surface area (Å²) in [4.78, 5) is 6.17. The lowest BCUT2D eigenvalue weighted by Crippen LogP contribution is -2.47. The Balaban J connectivity index is 1.25. The summed E-state index contributed by atoms with van der Waals surface area (Å²) < 4.78 is 32.6. The first-order valence-electron chi connectivity index (χ1n) is 10.8. The first-order chi connectivity index (χ1) is 14.7. The first kappa shape index (κ1) is 18.1. The SMILES string of the molecule is Fc1ccc2c(CCCN3C4CCCC3c3c([nH]c5ccc(F)cc35)C4)noc2c1. The number of nitrogens with one attached hydrogen (secondary N) is 1. The second kappa shape index (κ2) is 6.91. The molecule has 2 atom stereocenters. The van der Waals surface area contributed by atoms with Gasteiger partial charge in [-0.15, -0.1) is 0 Å². The lowest BCUT2D eigenvalue weighted by molar-refractivity contribution is 0.0682. The number of aromatic amines is 1. The Morgan fingerprint density at radius 1 is 1.07 bits per heavy atom. The van der Waals surface area contributed by atoms with Crippen LogP contribution in [0.4, 0.5) is 8.78 Å². The van der Waals surface area contributed by atoms with Gasteiger partial charge < -0.3 is 9.51 Å². The van der Waals surface area contributed by atoms with E-state index < -0.39 is 0 Å². The Kier molecular flexibility index (Phi) is 4.16. The van der Waals surface area contributed by atoms with Gasteiger partial charge in [0, 0.05) is 46.6 Å². The molecule has 4 nitrogen and oxygen atoms in total. The third-order valence-corrected chi connectivity index (χ3v) is 6.88. The number of benzene rings is 2. The van der Waals surface area contributed by atoms with Crippen molar-refractivity contribution in [2.24, 2.45) is 0 Å². The van der Waals surface area contributed by atoms with Crippen LogP contribution in [-0.4, -0.2) is 27.6 Å². The number of fused-ring (bicyclic) bond motifs is 7. The second-order valence-corrected chi connectivity index (χ2v) is 8.62. The number of aryl methyl sites for hydroxylation is 1. The van der Waals surface area contributed by atoms with E-state index in [9.17, 15) is 8.78 Å². The van der Waals surface area contributed by atoms with Gasteiger partial charge in [-0.3, -0.25) is 4.90 Å². The molecule has 1 saturated heterocycles. The maximum absolute atomic E-state index is 13.9. The quantitative estimate of drug-likeness (QED) is 0.474. The molecule has 2 aromatic heterocycles. The number of rotatable bonds is 4. The fraction of sp³-hybridized carbons (Fsp3) is 0.375. The van der Waals surface area contributed by atoms with Crippen LogP contribution in [0.3, 0.4) is 0 Å². The van der Waals surface area contributed by atoms with Gasteiger partial charge in [0.25, 0.3) is 0 Å². The fourth-order valence-electron chi connectivity index (χ4n) is 5.59. The number of hydrogen-bond donors (Lipinski definition) is 1. The van der Waals surface area contributed by atoms with Crippen molar-refractivity contribution in [2.75, 3.05) is 6.54 Å². The van der Waals surface area contributed by atoms with E-state index in [1.54, 1.807) is 12.1 Å². The minimum Gasteiger partial charge on any atom is -0.358 e. The smallest absolute Gasteiger partial charge is 0.170 e. The Labute approximate surface area is 172 Å². The van der Waals surface area contributed by atoms with Crippen molar-refractivity contribution in [1.29, 1.82) is 0 Å². The fourth-order valence-corrected chi connectivity index (χ4v) is 5.59. The molecule has 2 unspecified atom stereocenters. The third-order valence-electron chi connectivity index (χ3n) is 6.88. The minimum atomic E-state index is -0.308. The van der Waals surface area contributed by atoms with Gasteiger partial charge in [0.05, 0.1) is 5.69 Å². The molecule has 0 radical (unpaired) electrons. The summed E-state index contributed by atoms with van der Waals surface area (Å²) in [5.74, 6) is -0.486. The van der Waals surface area contributed by atoms with Gasteiger partial charge in [-0.2, -0.15) is 0 Å². The predicted octanol–water partition coefficient (Wildman–Crippen LogP) is 5.67. The highest BCUT2D eigenvalue weighted by molar-refractivity contribution is 5.85. The van der Waals surface area contributed by atoms with Crippen LogP contribution in [0.1, 0.15) is 48.7 Å². The third kappa shape index (κ3) is 2.85. The number of hydrogen-bond acceptors (Lipinski definition) is 3. The summed E-state index contributed by atoms with van der Waals surface area (Å²) in [5, 5.41) is 6.09. The lowest BCUT2D eigenvalue weighted by atomic mass is 9.82. The standard InChI is InChI=1S/C24H23F2N3O/c25-14-7-9-19-18(11-14)24-21(27-19)13-16-3-1-5-22(24)29(16)10-2-4-20-17-8-6-15(26)12-23(17)30-28-20/h6-9,11-12,16,22,27H,1-5,10,13H2. The number of H-pyrrole nitrogens is 1. The predicted molar refractivity (Wildman–Crippen MR) is 111 cm³/mol. The van der Waals surface area contributed by atoms with Gasteiger partial charge in [-0.05, 0) is 74.5 Å². The van der Waals surface area contributed by atoms with Crippen LogP contribution in [0.5, 0.6) is 0 Å². The van der Waals surface area contributed by atoms with Crippen LogP contribution in [-0.2, 0) is 12.8 Å². The molecule has 1 N–H and O–H groups in total. The molecule has 6 heteroatoms. The molecular weight excluding hydrogens is 384 g/mol. The molecule has 1 fully saturated rings. The van der Waals surface area contributed by atoms with Crippen molar-refractivity contribution >= 4 is 21.9 Å². The van der Waals surface area contributed by atoms with E-state index in [2.05, 4.69) is 15.0 Å². The maximum atomic E-state index is 13.9. The largest absolute Gasteiger partial charge is 0.358 e. The Morgan fingerprint density at radius 3 is 2.87 bits per heavy atom. The summed E-state index contributed by atoms with van der Waals surface area (Å²) in [6.07, 6.45) is 6.27. The van der Waals surface area contributed by atoms with E-state index in [1.807, 2.05) is 6.07 Å². The summed E-state index contributed by atoms with van der Waals surface area (Å²) >= 11 is 0. The number of piperidine rings is 1. The van der Waals surface area contributed by atoms with Crippen LogP contribution in [0.15, 0.2) is 40.9 Å². The average molecular weight is 407 g/mol.